The number of carboxylic acids is 1. The highest BCUT2D eigenvalue weighted by molar-refractivity contribution is 6.06. The Labute approximate surface area is 121 Å². The molecular weight excluding hydrogens is 270 g/mol. The predicted octanol–water partition coefficient (Wildman–Crippen LogP) is 1.61. The van der Waals surface area contributed by atoms with E-state index in [1.54, 1.807) is 31.3 Å². The van der Waals surface area contributed by atoms with Crippen LogP contribution >= 0.6 is 0 Å². The molecule has 108 valence electrons. The zero-order valence-corrected chi connectivity index (χ0v) is 11.5. The second kappa shape index (κ2) is 4.80. The predicted molar refractivity (Wildman–Crippen MR) is 75.8 cm³/mol. The number of rotatable bonds is 4. The highest BCUT2D eigenvalue weighted by atomic mass is 16.4. The molecule has 2 N–H and O–H groups in total. The molecule has 0 aliphatic heterocycles. The van der Waals surface area contributed by atoms with Gasteiger partial charge in [0.15, 0.2) is 0 Å². The molecule has 1 atom stereocenters. The van der Waals surface area contributed by atoms with Crippen molar-refractivity contribution in [2.45, 2.75) is 25.3 Å². The van der Waals surface area contributed by atoms with Crippen molar-refractivity contribution >= 4 is 22.9 Å². The third-order valence-corrected chi connectivity index (χ3v) is 3.95. The van der Waals surface area contributed by atoms with Gasteiger partial charge in [0.25, 0.3) is 5.91 Å². The summed E-state index contributed by atoms with van der Waals surface area (Å²) >= 11 is 0. The number of nitrogens with zero attached hydrogens (tertiary/aromatic N) is 2. The second-order valence-corrected chi connectivity index (χ2v) is 5.47. The fourth-order valence-electron chi connectivity index (χ4n) is 2.47. The largest absolute Gasteiger partial charge is 0.480 e. The van der Waals surface area contributed by atoms with Crippen LogP contribution in [0, 0.1) is 5.92 Å². The summed E-state index contributed by atoms with van der Waals surface area (Å²) in [7, 11) is 0. The summed E-state index contributed by atoms with van der Waals surface area (Å²) in [6.45, 7) is 1.56. The Hall–Kier alpha value is -2.50. The van der Waals surface area contributed by atoms with E-state index in [2.05, 4.69) is 15.3 Å². The maximum absolute atomic E-state index is 12.5. The van der Waals surface area contributed by atoms with Crippen LogP contribution in [0.15, 0.2) is 30.6 Å². The summed E-state index contributed by atoms with van der Waals surface area (Å²) in [6.07, 6.45) is 4.70. The number of aliphatic carboxylic acids is 1. The Kier molecular flexibility index (Phi) is 3.08. The van der Waals surface area contributed by atoms with Crippen molar-refractivity contribution in [3.05, 3.63) is 36.2 Å². The van der Waals surface area contributed by atoms with E-state index in [0.717, 1.165) is 12.8 Å². The first-order valence-corrected chi connectivity index (χ1v) is 6.78. The Balaban J connectivity index is 1.96. The van der Waals surface area contributed by atoms with Crippen LogP contribution in [-0.2, 0) is 4.79 Å². The van der Waals surface area contributed by atoms with Gasteiger partial charge in [-0.1, -0.05) is 6.07 Å². The first kappa shape index (κ1) is 13.5. The molecule has 1 aromatic carbocycles. The van der Waals surface area contributed by atoms with Crippen LogP contribution in [0.5, 0.6) is 0 Å². The fraction of sp³-hybridized carbons (Fsp3) is 0.333. The van der Waals surface area contributed by atoms with Crippen molar-refractivity contribution in [1.82, 2.24) is 15.3 Å². The molecule has 1 aromatic heterocycles. The van der Waals surface area contributed by atoms with Crippen LogP contribution in [0.1, 0.15) is 30.1 Å². The Bertz CT molecular complexity index is 722. The summed E-state index contributed by atoms with van der Waals surface area (Å²) in [6, 6.07) is 5.10. The fourth-order valence-corrected chi connectivity index (χ4v) is 2.47. The van der Waals surface area contributed by atoms with E-state index in [-0.39, 0.29) is 5.92 Å². The van der Waals surface area contributed by atoms with Gasteiger partial charge in [-0.05, 0) is 37.8 Å². The molecular formula is C15H15N3O3. The number of amides is 1. The number of carboxylic acid groups (broad SMARTS) is 1. The van der Waals surface area contributed by atoms with E-state index < -0.39 is 17.4 Å². The minimum Gasteiger partial charge on any atom is -0.480 e. The summed E-state index contributed by atoms with van der Waals surface area (Å²) in [4.78, 5) is 32.3. The van der Waals surface area contributed by atoms with Crippen molar-refractivity contribution in [2.24, 2.45) is 5.92 Å². The maximum atomic E-state index is 12.5. The van der Waals surface area contributed by atoms with Crippen molar-refractivity contribution in [3.8, 4) is 0 Å². The minimum atomic E-state index is -1.23. The van der Waals surface area contributed by atoms with Crippen LogP contribution in [0.25, 0.3) is 11.0 Å². The quantitative estimate of drug-likeness (QED) is 0.890. The molecule has 0 spiro atoms. The van der Waals surface area contributed by atoms with Gasteiger partial charge in [0.1, 0.15) is 11.1 Å². The van der Waals surface area contributed by atoms with E-state index in [9.17, 15) is 14.7 Å². The Morgan fingerprint density at radius 3 is 2.67 bits per heavy atom. The van der Waals surface area contributed by atoms with Crippen molar-refractivity contribution < 1.29 is 14.7 Å². The lowest BCUT2D eigenvalue weighted by atomic mass is 9.95. The third-order valence-electron chi connectivity index (χ3n) is 3.95. The summed E-state index contributed by atoms with van der Waals surface area (Å²) < 4.78 is 0. The molecule has 0 saturated heterocycles. The van der Waals surface area contributed by atoms with E-state index in [4.69, 9.17) is 0 Å². The second-order valence-electron chi connectivity index (χ2n) is 5.47. The summed E-state index contributed by atoms with van der Waals surface area (Å²) in [5.41, 5.74) is 0.185. The average Bonchev–Trinajstić information content (AvgIpc) is 3.31. The van der Waals surface area contributed by atoms with Gasteiger partial charge in [0.2, 0.25) is 0 Å². The smallest absolute Gasteiger partial charge is 0.329 e. The zero-order chi connectivity index (χ0) is 15.0. The van der Waals surface area contributed by atoms with E-state index in [1.807, 2.05) is 0 Å². The number of aromatic nitrogens is 2. The number of hydrogen-bond donors (Lipinski definition) is 2. The molecule has 1 aliphatic rings. The van der Waals surface area contributed by atoms with Gasteiger partial charge < -0.3 is 10.4 Å². The van der Waals surface area contributed by atoms with Crippen molar-refractivity contribution in [1.29, 1.82) is 0 Å². The highest BCUT2D eigenvalue weighted by Gasteiger charge is 2.48. The summed E-state index contributed by atoms with van der Waals surface area (Å²) in [5.74, 6) is -1.46. The van der Waals surface area contributed by atoms with Crippen molar-refractivity contribution in [3.63, 3.8) is 0 Å². The maximum Gasteiger partial charge on any atom is 0.329 e. The number of carbonyl (C=O) groups is 2. The van der Waals surface area contributed by atoms with Gasteiger partial charge in [-0.15, -0.1) is 0 Å². The summed E-state index contributed by atoms with van der Waals surface area (Å²) in [5, 5.41) is 12.1. The van der Waals surface area contributed by atoms with Gasteiger partial charge in [-0.3, -0.25) is 14.8 Å². The van der Waals surface area contributed by atoms with Gasteiger partial charge in [0, 0.05) is 12.4 Å². The lowest BCUT2D eigenvalue weighted by Gasteiger charge is -2.26. The number of nitrogens with one attached hydrogen (secondary N) is 1. The Morgan fingerprint density at radius 2 is 2.00 bits per heavy atom. The van der Waals surface area contributed by atoms with Gasteiger partial charge in [-0.2, -0.15) is 0 Å². The third kappa shape index (κ3) is 2.33. The van der Waals surface area contributed by atoms with E-state index >= 15 is 0 Å². The van der Waals surface area contributed by atoms with Gasteiger partial charge in [0.05, 0.1) is 11.1 Å². The Morgan fingerprint density at radius 1 is 1.29 bits per heavy atom. The van der Waals surface area contributed by atoms with Crippen molar-refractivity contribution in [2.75, 3.05) is 0 Å². The molecule has 1 saturated carbocycles. The van der Waals surface area contributed by atoms with E-state index in [0.29, 0.717) is 16.6 Å². The van der Waals surface area contributed by atoms with Gasteiger partial charge >= 0.3 is 5.97 Å². The molecule has 6 heteroatoms. The topological polar surface area (TPSA) is 92.2 Å². The first-order valence-electron chi connectivity index (χ1n) is 6.78. The highest BCUT2D eigenvalue weighted by Crippen LogP contribution is 2.40. The number of carbonyl (C=O) groups excluding carboxylic acids is 1. The average molecular weight is 285 g/mol. The SMILES string of the molecule is CC(NC(=O)c1cccc2nccnc12)(C(=O)O)C1CC1. The molecule has 1 fully saturated rings. The van der Waals surface area contributed by atoms with E-state index in [1.165, 1.54) is 6.20 Å². The molecule has 1 heterocycles. The number of hydrogen-bond acceptors (Lipinski definition) is 4. The van der Waals surface area contributed by atoms with Crippen LogP contribution in [-0.4, -0.2) is 32.5 Å². The molecule has 6 nitrogen and oxygen atoms in total. The molecule has 0 bridgehead atoms. The normalized spacial score (nSPS) is 17.2. The molecule has 3 rings (SSSR count). The number of fused-ring (bicyclic) bond motifs is 1. The number of benzene rings is 1. The van der Waals surface area contributed by atoms with Crippen LogP contribution in [0.4, 0.5) is 0 Å². The molecule has 1 amide bonds. The van der Waals surface area contributed by atoms with Gasteiger partial charge in [-0.25, -0.2) is 4.79 Å². The zero-order valence-electron chi connectivity index (χ0n) is 11.5. The monoisotopic (exact) mass is 285 g/mol. The standard InChI is InChI=1S/C15H15N3O3/c1-15(14(20)21,9-5-6-9)18-13(19)10-3-2-4-11-12(10)17-8-7-16-11/h2-4,7-9H,5-6H2,1H3,(H,18,19)(H,20,21). The molecule has 0 radical (unpaired) electrons. The first-order chi connectivity index (χ1) is 10.0. The molecule has 1 aliphatic carbocycles. The van der Waals surface area contributed by atoms with Crippen LogP contribution in [0.2, 0.25) is 0 Å². The van der Waals surface area contributed by atoms with Crippen LogP contribution < -0.4 is 5.32 Å². The molecule has 1 unspecified atom stereocenters. The molecule has 21 heavy (non-hydrogen) atoms. The minimum absolute atomic E-state index is 0.0139. The number of para-hydroxylation sites is 1. The lowest BCUT2D eigenvalue weighted by molar-refractivity contribution is -0.144. The molecule has 2 aromatic rings. The lowest BCUT2D eigenvalue weighted by Crippen LogP contribution is -2.54. The van der Waals surface area contributed by atoms with Crippen LogP contribution in [0.3, 0.4) is 0 Å².